The minimum absolute atomic E-state index is 0.0814. The summed E-state index contributed by atoms with van der Waals surface area (Å²) in [4.78, 5) is 0. The Morgan fingerprint density at radius 2 is 0.857 bits per heavy atom. The van der Waals surface area contributed by atoms with Crippen LogP contribution in [0.2, 0.25) is 0 Å². The first-order valence-electron chi connectivity index (χ1n) is 8.13. The topological polar surface area (TPSA) is 80.9 Å². The maximum atomic E-state index is 8.95. The third-order valence-electron chi connectivity index (χ3n) is 3.67. The molecule has 0 heterocycles. The molecule has 0 fully saturated rings. The summed E-state index contributed by atoms with van der Waals surface area (Å²) in [7, 11) is 2.04. The summed E-state index contributed by atoms with van der Waals surface area (Å²) in [6.07, 6.45) is 10.5. The third kappa shape index (κ3) is 14.0. The van der Waals surface area contributed by atoms with E-state index in [1.807, 2.05) is 0 Å². The Kier molecular flexibility index (Phi) is 17.6. The predicted octanol–water partition coefficient (Wildman–Crippen LogP) is 1.50. The Bertz CT molecular complexity index is 180. The van der Waals surface area contributed by atoms with Gasteiger partial charge in [-0.2, -0.15) is 0 Å². The van der Waals surface area contributed by atoms with Crippen molar-refractivity contribution in [2.75, 3.05) is 51.1 Å². The van der Waals surface area contributed by atoms with Crippen LogP contribution in [0.25, 0.3) is 0 Å². The average Bonchev–Trinajstić information content (AvgIpc) is 2.52. The van der Waals surface area contributed by atoms with Crippen LogP contribution in [0.1, 0.15) is 32.1 Å². The molecule has 0 aliphatic heterocycles. The van der Waals surface area contributed by atoms with Crippen LogP contribution in [0.5, 0.6) is 0 Å². The van der Waals surface area contributed by atoms with Gasteiger partial charge in [0.15, 0.2) is 0 Å². The zero-order valence-corrected chi connectivity index (χ0v) is 15.1. The highest BCUT2D eigenvalue weighted by Crippen LogP contribution is 2.21. The highest BCUT2D eigenvalue weighted by atomic mass is 31.1. The lowest BCUT2D eigenvalue weighted by Gasteiger charge is -2.10. The highest BCUT2D eigenvalue weighted by molar-refractivity contribution is 7.39. The molecule has 0 amide bonds. The van der Waals surface area contributed by atoms with Crippen LogP contribution < -0.4 is 0 Å². The van der Waals surface area contributed by atoms with Gasteiger partial charge in [-0.3, -0.25) is 0 Å². The number of rotatable bonds is 16. The molecule has 0 spiro atoms. The van der Waals surface area contributed by atoms with E-state index in [0.29, 0.717) is 0 Å². The van der Waals surface area contributed by atoms with Gasteiger partial charge in [0.1, 0.15) is 0 Å². The van der Waals surface area contributed by atoms with Gasteiger partial charge in [-0.15, -0.1) is 17.2 Å². The largest absolute Gasteiger partial charge is 0.396 e. The molecule has 4 nitrogen and oxygen atoms in total. The maximum Gasteiger partial charge on any atom is 0.0481 e. The number of hydrogen-bond acceptors (Lipinski definition) is 4. The van der Waals surface area contributed by atoms with Crippen molar-refractivity contribution in [1.29, 1.82) is 0 Å². The Labute approximate surface area is 133 Å². The van der Waals surface area contributed by atoms with Crippen LogP contribution in [0.15, 0.2) is 0 Å². The number of aliphatic hydroxyl groups is 4. The van der Waals surface area contributed by atoms with Gasteiger partial charge in [0.05, 0.1) is 0 Å². The summed E-state index contributed by atoms with van der Waals surface area (Å²) in [6.45, 7) is 0.421. The molecule has 0 bridgehead atoms. The minimum Gasteiger partial charge on any atom is -0.396 e. The van der Waals surface area contributed by atoms with Gasteiger partial charge in [0.2, 0.25) is 0 Å². The first kappa shape index (κ1) is 21.7. The first-order chi connectivity index (χ1) is 10.3. The zero-order valence-electron chi connectivity index (χ0n) is 13.1. The van der Waals surface area contributed by atoms with Crippen LogP contribution in [0, 0.1) is 11.8 Å². The zero-order chi connectivity index (χ0) is 15.8. The average molecular weight is 340 g/mol. The molecular formula is C15H34O4P2. The van der Waals surface area contributed by atoms with Crippen molar-refractivity contribution >= 4 is 17.2 Å². The van der Waals surface area contributed by atoms with E-state index in [1.165, 1.54) is 31.1 Å². The quantitative estimate of drug-likeness (QED) is 0.254. The molecule has 4 N–H and O–H groups in total. The van der Waals surface area contributed by atoms with Gasteiger partial charge in [-0.05, 0) is 56.8 Å². The van der Waals surface area contributed by atoms with E-state index in [2.05, 4.69) is 0 Å². The minimum atomic E-state index is 0.0814. The van der Waals surface area contributed by atoms with Gasteiger partial charge in [0, 0.05) is 38.3 Å². The van der Waals surface area contributed by atoms with E-state index in [0.717, 1.165) is 42.8 Å². The number of aliphatic hydroxyl groups excluding tert-OH is 4. The van der Waals surface area contributed by atoms with Crippen molar-refractivity contribution in [3.63, 3.8) is 0 Å². The molecule has 128 valence electrons. The van der Waals surface area contributed by atoms with Gasteiger partial charge in [-0.25, -0.2) is 0 Å². The van der Waals surface area contributed by atoms with E-state index in [9.17, 15) is 0 Å². The Morgan fingerprint density at radius 1 is 0.524 bits per heavy atom. The summed E-state index contributed by atoms with van der Waals surface area (Å²) in [5.41, 5.74) is 0. The maximum absolute atomic E-state index is 8.95. The highest BCUT2D eigenvalue weighted by Gasteiger charge is 2.05. The second-order valence-corrected chi connectivity index (χ2v) is 8.60. The van der Waals surface area contributed by atoms with Crippen LogP contribution in [0.3, 0.4) is 0 Å². The second kappa shape index (κ2) is 17.1. The lowest BCUT2D eigenvalue weighted by molar-refractivity contribution is 0.143. The fraction of sp³-hybridized carbons (Fsp3) is 1.00. The fourth-order valence-electron chi connectivity index (χ4n) is 2.10. The van der Waals surface area contributed by atoms with Crippen LogP contribution >= 0.6 is 17.2 Å². The number of hydrogen-bond donors (Lipinski definition) is 4. The summed E-state index contributed by atoms with van der Waals surface area (Å²) in [6, 6.07) is 0. The summed E-state index contributed by atoms with van der Waals surface area (Å²) in [5.74, 6) is 0.163. The van der Waals surface area contributed by atoms with Gasteiger partial charge in [0.25, 0.3) is 0 Å². The molecule has 6 heteroatoms. The van der Waals surface area contributed by atoms with E-state index in [1.54, 1.807) is 0 Å². The lowest BCUT2D eigenvalue weighted by Crippen LogP contribution is -2.10. The molecule has 0 saturated heterocycles. The van der Waals surface area contributed by atoms with Gasteiger partial charge >= 0.3 is 0 Å². The summed E-state index contributed by atoms with van der Waals surface area (Å²) < 4.78 is 0. The molecule has 0 aromatic rings. The molecular weight excluding hydrogens is 306 g/mol. The predicted molar refractivity (Wildman–Crippen MR) is 94.5 cm³/mol. The van der Waals surface area contributed by atoms with E-state index in [-0.39, 0.29) is 38.3 Å². The normalized spacial score (nSPS) is 12.9. The van der Waals surface area contributed by atoms with Crippen LogP contribution in [-0.4, -0.2) is 71.5 Å². The summed E-state index contributed by atoms with van der Waals surface area (Å²) in [5, 5.41) is 35.8. The molecule has 0 radical (unpaired) electrons. The van der Waals surface area contributed by atoms with Crippen molar-refractivity contribution in [3.05, 3.63) is 0 Å². The third-order valence-corrected chi connectivity index (χ3v) is 6.50. The van der Waals surface area contributed by atoms with Crippen molar-refractivity contribution in [2.24, 2.45) is 11.8 Å². The molecule has 0 rings (SSSR count). The van der Waals surface area contributed by atoms with Crippen LogP contribution in [0.4, 0.5) is 0 Å². The van der Waals surface area contributed by atoms with Gasteiger partial charge in [-0.1, -0.05) is 0 Å². The Morgan fingerprint density at radius 3 is 1.19 bits per heavy atom. The summed E-state index contributed by atoms with van der Waals surface area (Å²) >= 11 is 0. The SMILES string of the molecule is OCC(CO)CCCPCCCPCCCC(CO)CO. The van der Waals surface area contributed by atoms with Crippen molar-refractivity contribution in [2.45, 2.75) is 32.1 Å². The van der Waals surface area contributed by atoms with Crippen LogP contribution in [-0.2, 0) is 0 Å². The van der Waals surface area contributed by atoms with Crippen molar-refractivity contribution < 1.29 is 20.4 Å². The van der Waals surface area contributed by atoms with Gasteiger partial charge < -0.3 is 20.4 Å². The fourth-order valence-corrected chi connectivity index (χ4v) is 4.72. The van der Waals surface area contributed by atoms with E-state index in [4.69, 9.17) is 20.4 Å². The second-order valence-electron chi connectivity index (χ2n) is 5.60. The molecule has 0 aromatic carbocycles. The smallest absolute Gasteiger partial charge is 0.0481 e. The van der Waals surface area contributed by atoms with E-state index >= 15 is 0 Å². The monoisotopic (exact) mass is 340 g/mol. The molecule has 0 aliphatic rings. The molecule has 0 aromatic heterocycles. The Hall–Kier alpha value is 0.700. The molecule has 2 unspecified atom stereocenters. The molecule has 21 heavy (non-hydrogen) atoms. The molecule has 0 aliphatic carbocycles. The first-order valence-corrected chi connectivity index (χ1v) is 11.0. The Balaban J connectivity index is 3.15. The standard InChI is InChI=1S/C15H34O4P2/c16-10-14(11-17)4-1-6-20-8-3-9-21-7-2-5-15(12-18)13-19/h14-21H,1-13H2. The van der Waals surface area contributed by atoms with E-state index < -0.39 is 0 Å². The lowest BCUT2D eigenvalue weighted by atomic mass is 10.1. The molecule has 0 saturated carbocycles. The van der Waals surface area contributed by atoms with Crippen molar-refractivity contribution in [3.8, 4) is 0 Å². The van der Waals surface area contributed by atoms with Crippen molar-refractivity contribution in [1.82, 2.24) is 0 Å². The molecule has 2 atom stereocenters.